The first kappa shape index (κ1) is 11.9. The Morgan fingerprint density at radius 2 is 1.86 bits per heavy atom. The van der Waals surface area contributed by atoms with Gasteiger partial charge < -0.3 is 9.11 Å². The molecular weight excluding hydrogens is 216 g/mol. The fourth-order valence-corrected chi connectivity index (χ4v) is 2.67. The summed E-state index contributed by atoms with van der Waals surface area (Å²) in [7, 11) is 0. The maximum absolute atomic E-state index is 11.5. The standard InChI is InChI=1S/C10H13O2S2/c1-3-13(11)9-6-5-7-10(8-9)14(12)4-2/h5-6,8H,3-4H2,1-2H3. The highest BCUT2D eigenvalue weighted by molar-refractivity contribution is 7.92. The number of hydrogen-bond donors (Lipinski definition) is 0. The predicted molar refractivity (Wildman–Crippen MR) is 59.2 cm³/mol. The fourth-order valence-electron chi connectivity index (χ4n) is 1.02. The summed E-state index contributed by atoms with van der Waals surface area (Å²) < 4.78 is 22.9. The van der Waals surface area contributed by atoms with Gasteiger partial charge in [0.1, 0.15) is 11.5 Å². The normalized spacial score (nSPS) is 15.1. The Morgan fingerprint density at radius 1 is 1.21 bits per heavy atom. The minimum Gasteiger partial charge on any atom is -0.611 e. The van der Waals surface area contributed by atoms with Crippen LogP contribution in [-0.2, 0) is 22.4 Å². The van der Waals surface area contributed by atoms with Crippen molar-refractivity contribution in [3.8, 4) is 0 Å². The molecule has 2 atom stereocenters. The maximum atomic E-state index is 11.5. The van der Waals surface area contributed by atoms with E-state index in [1.807, 2.05) is 13.8 Å². The van der Waals surface area contributed by atoms with Gasteiger partial charge in [0.2, 0.25) is 0 Å². The monoisotopic (exact) mass is 229 g/mol. The van der Waals surface area contributed by atoms with Crippen LogP contribution in [0, 0.1) is 6.07 Å². The second kappa shape index (κ2) is 5.66. The Balaban J connectivity index is 2.89. The van der Waals surface area contributed by atoms with Gasteiger partial charge >= 0.3 is 0 Å². The molecule has 2 unspecified atom stereocenters. The lowest BCUT2D eigenvalue weighted by Crippen LogP contribution is -2.08. The van der Waals surface area contributed by atoms with Crippen molar-refractivity contribution in [2.75, 3.05) is 11.5 Å². The van der Waals surface area contributed by atoms with Crippen LogP contribution in [0.15, 0.2) is 28.0 Å². The lowest BCUT2D eigenvalue weighted by molar-refractivity contribution is 0.593. The van der Waals surface area contributed by atoms with Crippen molar-refractivity contribution in [3.05, 3.63) is 24.3 Å². The molecule has 0 aromatic heterocycles. The molecule has 0 N–H and O–H groups in total. The molecule has 0 aliphatic carbocycles. The van der Waals surface area contributed by atoms with Gasteiger partial charge in [-0.25, -0.2) is 0 Å². The third kappa shape index (κ3) is 2.92. The van der Waals surface area contributed by atoms with E-state index >= 15 is 0 Å². The lowest BCUT2D eigenvalue weighted by Gasteiger charge is -2.10. The minimum absolute atomic E-state index is 0.568. The van der Waals surface area contributed by atoms with Gasteiger partial charge in [0.25, 0.3) is 0 Å². The van der Waals surface area contributed by atoms with E-state index in [0.29, 0.717) is 16.4 Å². The van der Waals surface area contributed by atoms with E-state index in [1.165, 1.54) is 0 Å². The maximum Gasteiger partial charge on any atom is 0.165 e. The van der Waals surface area contributed by atoms with Gasteiger partial charge in [-0.3, -0.25) is 0 Å². The quantitative estimate of drug-likeness (QED) is 0.738. The Bertz CT molecular complexity index is 266. The van der Waals surface area contributed by atoms with Crippen LogP contribution in [0.1, 0.15) is 13.8 Å². The van der Waals surface area contributed by atoms with Crippen LogP contribution >= 0.6 is 0 Å². The third-order valence-corrected chi connectivity index (χ3v) is 4.33. The van der Waals surface area contributed by atoms with Crippen molar-refractivity contribution in [2.45, 2.75) is 23.6 Å². The number of rotatable bonds is 4. The van der Waals surface area contributed by atoms with E-state index in [9.17, 15) is 9.11 Å². The molecule has 77 valence electrons. The van der Waals surface area contributed by atoms with E-state index in [1.54, 1.807) is 18.2 Å². The van der Waals surface area contributed by atoms with E-state index in [2.05, 4.69) is 6.07 Å². The van der Waals surface area contributed by atoms with Crippen molar-refractivity contribution in [2.24, 2.45) is 0 Å². The van der Waals surface area contributed by atoms with Crippen LogP contribution in [-0.4, -0.2) is 20.6 Å². The molecule has 0 aliphatic heterocycles. The molecule has 1 aromatic rings. The summed E-state index contributed by atoms with van der Waals surface area (Å²) in [5, 5.41) is 0. The largest absolute Gasteiger partial charge is 0.611 e. The molecule has 0 heterocycles. The van der Waals surface area contributed by atoms with Crippen molar-refractivity contribution in [1.29, 1.82) is 0 Å². The summed E-state index contributed by atoms with van der Waals surface area (Å²) in [6.45, 7) is 3.72. The summed E-state index contributed by atoms with van der Waals surface area (Å²) in [6, 6.07) is 8.07. The SMILES string of the molecule is CC[S+]([O-])c1[c]ccc([S+]([O-])CC)c1. The summed E-state index contributed by atoms with van der Waals surface area (Å²) in [5.74, 6) is 1.15. The van der Waals surface area contributed by atoms with E-state index in [4.69, 9.17) is 0 Å². The van der Waals surface area contributed by atoms with Gasteiger partial charge in [0, 0.05) is 12.1 Å². The molecule has 1 radical (unpaired) electrons. The highest BCUT2D eigenvalue weighted by Gasteiger charge is 2.14. The van der Waals surface area contributed by atoms with Crippen molar-refractivity contribution < 1.29 is 9.11 Å². The average Bonchev–Trinajstić information content (AvgIpc) is 2.27. The zero-order valence-corrected chi connectivity index (χ0v) is 9.91. The molecule has 1 aromatic carbocycles. The summed E-state index contributed by atoms with van der Waals surface area (Å²) >= 11 is -1.98. The summed E-state index contributed by atoms with van der Waals surface area (Å²) in [6.07, 6.45) is 0. The zero-order valence-electron chi connectivity index (χ0n) is 8.28. The van der Waals surface area contributed by atoms with Crippen LogP contribution in [0.5, 0.6) is 0 Å². The first-order valence-corrected chi connectivity index (χ1v) is 7.11. The second-order valence-electron chi connectivity index (χ2n) is 2.66. The highest BCUT2D eigenvalue weighted by Crippen LogP contribution is 2.17. The van der Waals surface area contributed by atoms with Gasteiger partial charge in [0.15, 0.2) is 9.79 Å². The fraction of sp³-hybridized carbons (Fsp3) is 0.400. The Morgan fingerprint density at radius 3 is 2.43 bits per heavy atom. The average molecular weight is 229 g/mol. The molecule has 2 nitrogen and oxygen atoms in total. The molecule has 1 rings (SSSR count). The molecule has 0 amide bonds. The lowest BCUT2D eigenvalue weighted by atomic mass is 10.4. The van der Waals surface area contributed by atoms with Crippen molar-refractivity contribution >= 4 is 22.4 Å². The molecule has 14 heavy (non-hydrogen) atoms. The van der Waals surface area contributed by atoms with Crippen molar-refractivity contribution in [3.63, 3.8) is 0 Å². The van der Waals surface area contributed by atoms with Crippen LogP contribution < -0.4 is 0 Å². The first-order valence-electron chi connectivity index (χ1n) is 4.47. The molecule has 0 spiro atoms. The number of benzene rings is 1. The molecule has 0 bridgehead atoms. The zero-order chi connectivity index (χ0) is 10.6. The second-order valence-corrected chi connectivity index (χ2v) is 6.11. The van der Waals surface area contributed by atoms with Gasteiger partial charge in [-0.1, -0.05) is 0 Å². The Kier molecular flexibility index (Phi) is 4.81. The highest BCUT2D eigenvalue weighted by atomic mass is 32.2. The first-order chi connectivity index (χ1) is 6.69. The van der Waals surface area contributed by atoms with E-state index in [-0.39, 0.29) is 0 Å². The molecule has 0 aliphatic rings. The Labute approximate surface area is 91.1 Å². The minimum atomic E-state index is -1.01. The van der Waals surface area contributed by atoms with Crippen LogP contribution in [0.2, 0.25) is 0 Å². The van der Waals surface area contributed by atoms with Gasteiger partial charge in [-0.2, -0.15) is 0 Å². The molecule has 0 fully saturated rings. The topological polar surface area (TPSA) is 46.1 Å². The van der Waals surface area contributed by atoms with Crippen LogP contribution in [0.25, 0.3) is 0 Å². The Hall–Kier alpha value is -0.160. The predicted octanol–water partition coefficient (Wildman–Crippen LogP) is 1.74. The van der Waals surface area contributed by atoms with Crippen molar-refractivity contribution in [1.82, 2.24) is 0 Å². The summed E-state index contributed by atoms with van der Waals surface area (Å²) in [5.41, 5.74) is 0. The molecular formula is C10H13O2S2. The smallest absolute Gasteiger partial charge is 0.165 e. The van der Waals surface area contributed by atoms with Gasteiger partial charge in [-0.05, 0) is 48.3 Å². The molecule has 0 saturated carbocycles. The van der Waals surface area contributed by atoms with Gasteiger partial charge in [-0.15, -0.1) is 0 Å². The molecule has 4 heteroatoms. The molecule has 0 saturated heterocycles. The van der Waals surface area contributed by atoms with E-state index < -0.39 is 22.4 Å². The van der Waals surface area contributed by atoms with E-state index in [0.717, 1.165) is 4.90 Å². The number of hydrogen-bond acceptors (Lipinski definition) is 2. The van der Waals surface area contributed by atoms with Crippen LogP contribution in [0.3, 0.4) is 0 Å². The van der Waals surface area contributed by atoms with Crippen LogP contribution in [0.4, 0.5) is 0 Å². The van der Waals surface area contributed by atoms with Gasteiger partial charge in [0.05, 0.1) is 0 Å². The summed E-state index contributed by atoms with van der Waals surface area (Å²) in [4.78, 5) is 1.38. The third-order valence-electron chi connectivity index (χ3n) is 1.78.